The van der Waals surface area contributed by atoms with Gasteiger partial charge in [-0.25, -0.2) is 4.98 Å². The van der Waals surface area contributed by atoms with Crippen molar-refractivity contribution in [1.82, 2.24) is 9.97 Å². The molecule has 1 atom stereocenters. The fourth-order valence-electron chi connectivity index (χ4n) is 1.79. The number of hydrogen-bond acceptors (Lipinski definition) is 5. The Kier molecular flexibility index (Phi) is 5.28. The van der Waals surface area contributed by atoms with Gasteiger partial charge in [-0.05, 0) is 29.7 Å². The average molecular weight is 310 g/mol. The van der Waals surface area contributed by atoms with E-state index in [1.54, 1.807) is 29.8 Å². The van der Waals surface area contributed by atoms with E-state index in [1.807, 2.05) is 19.1 Å². The third-order valence-corrected chi connectivity index (χ3v) is 3.18. The first-order valence-corrected chi connectivity index (χ1v) is 7.10. The number of thiol groups is 1. The topological polar surface area (TPSA) is 78.7 Å². The molecule has 0 bridgehead atoms. The molecule has 0 saturated carbocycles. The molecule has 0 radical (unpaired) electrons. The molecule has 0 aromatic carbocycles. The van der Waals surface area contributed by atoms with Crippen molar-refractivity contribution in [2.45, 2.75) is 12.8 Å². The molecule has 2 aromatic heterocycles. The van der Waals surface area contributed by atoms with E-state index in [0.29, 0.717) is 11.3 Å². The van der Waals surface area contributed by atoms with Crippen LogP contribution in [0.1, 0.15) is 34.6 Å². The molecule has 0 fully saturated rings. The second-order valence-electron chi connectivity index (χ2n) is 4.60. The lowest BCUT2D eigenvalue weighted by molar-refractivity contribution is 0.102. The van der Waals surface area contributed by atoms with Gasteiger partial charge in [0.2, 0.25) is 0 Å². The lowest BCUT2D eigenvalue weighted by Crippen LogP contribution is -2.14. The number of allylic oxidation sites excluding steroid dienone is 1. The molecular weight excluding hydrogens is 296 g/mol. The Morgan fingerprint density at radius 3 is 2.86 bits per heavy atom. The van der Waals surface area contributed by atoms with Crippen LogP contribution in [-0.4, -0.2) is 15.9 Å². The third-order valence-electron chi connectivity index (χ3n) is 3.01. The van der Waals surface area contributed by atoms with Crippen molar-refractivity contribution in [3.05, 3.63) is 65.1 Å². The predicted octanol–water partition coefficient (Wildman–Crippen LogP) is 3.15. The zero-order valence-corrected chi connectivity index (χ0v) is 12.8. The van der Waals surface area contributed by atoms with Gasteiger partial charge in [-0.1, -0.05) is 13.0 Å². The molecule has 0 spiro atoms. The molecular formula is C16H14N4OS. The number of nitrogens with zero attached hydrogens (tertiary/aromatic N) is 3. The van der Waals surface area contributed by atoms with Crippen LogP contribution in [0.5, 0.6) is 0 Å². The first-order valence-electron chi connectivity index (χ1n) is 6.58. The van der Waals surface area contributed by atoms with Gasteiger partial charge in [0.1, 0.15) is 11.8 Å². The molecule has 1 N–H and O–H groups in total. The van der Waals surface area contributed by atoms with Crippen LogP contribution in [0.3, 0.4) is 0 Å². The molecule has 2 heterocycles. The first-order chi connectivity index (χ1) is 10.6. The molecule has 2 rings (SSSR count). The van der Waals surface area contributed by atoms with Crippen molar-refractivity contribution < 1.29 is 4.79 Å². The minimum absolute atomic E-state index is 0.0994. The van der Waals surface area contributed by atoms with Crippen LogP contribution in [0.15, 0.2) is 48.1 Å². The third kappa shape index (κ3) is 3.93. The summed E-state index contributed by atoms with van der Waals surface area (Å²) in [5, 5.41) is 13.2. The number of aromatic nitrogens is 2. The highest BCUT2D eigenvalue weighted by atomic mass is 32.1. The number of nitriles is 1. The Hall–Kier alpha value is -2.65. The molecule has 0 aliphatic rings. The number of anilines is 1. The molecule has 2 aromatic rings. The van der Waals surface area contributed by atoms with Crippen molar-refractivity contribution in [3.8, 4) is 6.07 Å². The van der Waals surface area contributed by atoms with Gasteiger partial charge in [0.15, 0.2) is 0 Å². The largest absolute Gasteiger partial charge is 0.321 e. The standard InChI is InChI=1S/C16H14N4OS/c1-11(5-7-22)15-8-13(4-6-18-15)20-16(21)14-3-2-12(9-17)10-19-14/h2-8,10-11,22H,1H3,(H,18,20,21)/b7-5-. The Morgan fingerprint density at radius 2 is 2.23 bits per heavy atom. The SMILES string of the molecule is CC(/C=C\S)c1cc(NC(=O)c2ccc(C#N)cn2)ccn1. The number of rotatable bonds is 4. The highest BCUT2D eigenvalue weighted by Gasteiger charge is 2.09. The molecule has 22 heavy (non-hydrogen) atoms. The van der Waals surface area contributed by atoms with E-state index in [4.69, 9.17) is 5.26 Å². The Morgan fingerprint density at radius 1 is 1.41 bits per heavy atom. The molecule has 0 saturated heterocycles. The zero-order valence-electron chi connectivity index (χ0n) is 11.9. The van der Waals surface area contributed by atoms with Crippen molar-refractivity contribution in [2.24, 2.45) is 0 Å². The fraction of sp³-hybridized carbons (Fsp3) is 0.125. The van der Waals surface area contributed by atoms with Crippen molar-refractivity contribution >= 4 is 24.2 Å². The number of pyridine rings is 2. The quantitative estimate of drug-likeness (QED) is 0.850. The normalized spacial score (nSPS) is 11.9. The lowest BCUT2D eigenvalue weighted by atomic mass is 10.1. The van der Waals surface area contributed by atoms with Gasteiger partial charge in [0.05, 0.1) is 5.56 Å². The van der Waals surface area contributed by atoms with Crippen molar-refractivity contribution in [3.63, 3.8) is 0 Å². The van der Waals surface area contributed by atoms with Gasteiger partial charge in [-0.3, -0.25) is 9.78 Å². The minimum Gasteiger partial charge on any atom is -0.321 e. The Balaban J connectivity index is 2.14. The lowest BCUT2D eigenvalue weighted by Gasteiger charge is -2.09. The molecule has 1 unspecified atom stereocenters. The summed E-state index contributed by atoms with van der Waals surface area (Å²) in [5.41, 5.74) is 2.13. The molecule has 0 aliphatic carbocycles. The number of hydrogen-bond donors (Lipinski definition) is 2. The summed E-state index contributed by atoms with van der Waals surface area (Å²) < 4.78 is 0. The van der Waals surface area contributed by atoms with E-state index in [1.165, 1.54) is 12.3 Å². The van der Waals surface area contributed by atoms with Crippen LogP contribution >= 0.6 is 12.6 Å². The summed E-state index contributed by atoms with van der Waals surface area (Å²) in [7, 11) is 0. The monoisotopic (exact) mass is 310 g/mol. The van der Waals surface area contributed by atoms with Crippen LogP contribution < -0.4 is 5.32 Å². The molecule has 1 amide bonds. The van der Waals surface area contributed by atoms with E-state index in [-0.39, 0.29) is 17.5 Å². The summed E-state index contributed by atoms with van der Waals surface area (Å²) >= 11 is 4.05. The van der Waals surface area contributed by atoms with E-state index in [2.05, 4.69) is 27.9 Å². The maximum absolute atomic E-state index is 12.1. The average Bonchev–Trinajstić information content (AvgIpc) is 2.55. The van der Waals surface area contributed by atoms with E-state index in [0.717, 1.165) is 5.69 Å². The highest BCUT2D eigenvalue weighted by Crippen LogP contribution is 2.18. The molecule has 6 heteroatoms. The van der Waals surface area contributed by atoms with E-state index < -0.39 is 0 Å². The van der Waals surface area contributed by atoms with Gasteiger partial charge >= 0.3 is 0 Å². The summed E-state index contributed by atoms with van der Waals surface area (Å²) in [6.07, 6.45) is 4.91. The van der Waals surface area contributed by atoms with Gasteiger partial charge in [0, 0.05) is 29.7 Å². The van der Waals surface area contributed by atoms with Gasteiger partial charge < -0.3 is 5.32 Å². The number of amides is 1. The first kappa shape index (κ1) is 15.7. The molecule has 110 valence electrons. The minimum atomic E-state index is -0.334. The van der Waals surface area contributed by atoms with E-state index >= 15 is 0 Å². The van der Waals surface area contributed by atoms with Crippen molar-refractivity contribution in [2.75, 3.05) is 5.32 Å². The second kappa shape index (κ2) is 7.38. The summed E-state index contributed by atoms with van der Waals surface area (Å²) in [6, 6.07) is 8.55. The maximum atomic E-state index is 12.1. The maximum Gasteiger partial charge on any atom is 0.274 e. The Labute approximate surface area is 134 Å². The van der Waals surface area contributed by atoms with Crippen LogP contribution in [0.2, 0.25) is 0 Å². The fourth-order valence-corrected chi connectivity index (χ4v) is 2.05. The van der Waals surface area contributed by atoms with E-state index in [9.17, 15) is 4.79 Å². The highest BCUT2D eigenvalue weighted by molar-refractivity contribution is 7.83. The van der Waals surface area contributed by atoms with Crippen LogP contribution in [0.4, 0.5) is 5.69 Å². The van der Waals surface area contributed by atoms with Gasteiger partial charge in [-0.2, -0.15) is 17.9 Å². The molecule has 0 aliphatic heterocycles. The number of nitrogens with one attached hydrogen (secondary N) is 1. The van der Waals surface area contributed by atoms with Gasteiger partial charge in [-0.15, -0.1) is 0 Å². The summed E-state index contributed by atoms with van der Waals surface area (Å²) in [6.45, 7) is 1.99. The second-order valence-corrected chi connectivity index (χ2v) is 4.90. The number of carbonyl (C=O) groups is 1. The van der Waals surface area contributed by atoms with Gasteiger partial charge in [0.25, 0.3) is 5.91 Å². The zero-order chi connectivity index (χ0) is 15.9. The van der Waals surface area contributed by atoms with Crippen LogP contribution in [-0.2, 0) is 0 Å². The van der Waals surface area contributed by atoms with Crippen LogP contribution in [0, 0.1) is 11.3 Å². The summed E-state index contributed by atoms with van der Waals surface area (Å²) in [4.78, 5) is 20.4. The van der Waals surface area contributed by atoms with Crippen molar-refractivity contribution in [1.29, 1.82) is 5.26 Å². The summed E-state index contributed by atoms with van der Waals surface area (Å²) in [5.74, 6) is -0.235. The number of carbonyl (C=O) groups excluding carboxylic acids is 1. The predicted molar refractivity (Wildman–Crippen MR) is 87.7 cm³/mol. The molecule has 5 nitrogen and oxygen atoms in total. The van der Waals surface area contributed by atoms with Crippen LogP contribution in [0.25, 0.3) is 0 Å². The Bertz CT molecular complexity index is 735. The smallest absolute Gasteiger partial charge is 0.274 e.